The van der Waals surface area contributed by atoms with Crippen LogP contribution in [0.15, 0.2) is 0 Å². The molecule has 0 spiro atoms. The van der Waals surface area contributed by atoms with Crippen molar-refractivity contribution >= 4 is 15.6 Å². The molecule has 0 aliphatic carbocycles. The molecule has 2 atom stereocenters. The van der Waals surface area contributed by atoms with Crippen LogP contribution in [0.3, 0.4) is 0 Å². The van der Waals surface area contributed by atoms with Gasteiger partial charge in [-0.25, -0.2) is 0 Å². The molecule has 122 valence electrons. The van der Waals surface area contributed by atoms with E-state index in [0.29, 0.717) is 12.8 Å². The highest BCUT2D eigenvalue weighted by Crippen LogP contribution is 2.37. The van der Waals surface area contributed by atoms with E-state index in [9.17, 15) is 18.9 Å². The van der Waals surface area contributed by atoms with Crippen molar-refractivity contribution in [2.75, 3.05) is 40.3 Å². The second kappa shape index (κ2) is 10.8. The molecule has 2 unspecified atom stereocenters. The minimum absolute atomic E-state index is 0.0643. The molecule has 20 heavy (non-hydrogen) atoms. The molecule has 0 rings (SSSR count). The number of aliphatic hydroxyl groups is 1. The Kier molecular flexibility index (Phi) is 10.9. The van der Waals surface area contributed by atoms with Crippen molar-refractivity contribution in [2.45, 2.75) is 12.8 Å². The van der Waals surface area contributed by atoms with Crippen molar-refractivity contribution < 1.29 is 46.9 Å². The van der Waals surface area contributed by atoms with Crippen LogP contribution in [0.5, 0.6) is 0 Å². The SMILES string of the molecule is COP(=O)([O-])OCCCOCCCOP(=O)([O-])OCO. The van der Waals surface area contributed by atoms with Gasteiger partial charge in [-0.2, -0.15) is 0 Å². The molecule has 0 aromatic heterocycles. The minimum atomic E-state index is -4.44. The Labute approximate surface area is 116 Å². The van der Waals surface area contributed by atoms with Crippen molar-refractivity contribution in [1.82, 2.24) is 0 Å². The molecule has 0 radical (unpaired) electrons. The van der Waals surface area contributed by atoms with Gasteiger partial charge in [0.1, 0.15) is 0 Å². The first-order chi connectivity index (χ1) is 9.33. The monoisotopic (exact) mass is 336 g/mol. The number of hydrogen-bond acceptors (Lipinski definition) is 10. The summed E-state index contributed by atoms with van der Waals surface area (Å²) in [4.78, 5) is 21.6. The van der Waals surface area contributed by atoms with Gasteiger partial charge in [0.15, 0.2) is 6.79 Å². The zero-order valence-electron chi connectivity index (χ0n) is 11.0. The standard InChI is InChI=1S/C8H20O10P2/c1-14-19(10,11)16-6-2-4-15-5-3-7-17-20(12,13)18-8-9/h9H,2-8H2,1H3,(H,10,11)(H,12,13)/p-2. The van der Waals surface area contributed by atoms with Crippen LogP contribution in [0.4, 0.5) is 0 Å². The summed E-state index contributed by atoms with van der Waals surface area (Å²) >= 11 is 0. The summed E-state index contributed by atoms with van der Waals surface area (Å²) in [5, 5.41) is 8.24. The van der Waals surface area contributed by atoms with Crippen molar-refractivity contribution in [2.24, 2.45) is 0 Å². The highest BCUT2D eigenvalue weighted by atomic mass is 31.2. The van der Waals surface area contributed by atoms with Gasteiger partial charge in [-0.3, -0.25) is 13.7 Å². The summed E-state index contributed by atoms with van der Waals surface area (Å²) in [6.45, 7) is -0.714. The number of hydrogen-bond donors (Lipinski definition) is 1. The van der Waals surface area contributed by atoms with E-state index in [0.717, 1.165) is 7.11 Å². The maximum absolute atomic E-state index is 10.8. The van der Waals surface area contributed by atoms with Crippen LogP contribution in [-0.4, -0.2) is 45.4 Å². The molecule has 0 aromatic rings. The third-order valence-corrected chi connectivity index (χ3v) is 3.68. The lowest BCUT2D eigenvalue weighted by Gasteiger charge is -2.21. The Hall–Kier alpha value is 0.140. The van der Waals surface area contributed by atoms with Crippen LogP contribution >= 0.6 is 15.6 Å². The molecular formula is C8H18O10P2-2. The molecule has 0 amide bonds. The molecule has 0 aromatic carbocycles. The average molecular weight is 336 g/mol. The van der Waals surface area contributed by atoms with Crippen molar-refractivity contribution in [1.29, 1.82) is 0 Å². The van der Waals surface area contributed by atoms with Crippen molar-refractivity contribution in [3.05, 3.63) is 0 Å². The minimum Gasteiger partial charge on any atom is -0.756 e. The largest absolute Gasteiger partial charge is 0.756 e. The van der Waals surface area contributed by atoms with Gasteiger partial charge in [-0.15, -0.1) is 0 Å². The Morgan fingerprint density at radius 2 is 1.40 bits per heavy atom. The highest BCUT2D eigenvalue weighted by Gasteiger charge is 2.07. The van der Waals surface area contributed by atoms with E-state index in [2.05, 4.69) is 18.1 Å². The van der Waals surface area contributed by atoms with Gasteiger partial charge >= 0.3 is 0 Å². The molecule has 0 saturated carbocycles. The smallest absolute Gasteiger partial charge is 0.269 e. The van der Waals surface area contributed by atoms with Crippen LogP contribution in [0.1, 0.15) is 12.8 Å². The van der Waals surface area contributed by atoms with Crippen LogP contribution in [-0.2, 0) is 32.0 Å². The van der Waals surface area contributed by atoms with Crippen LogP contribution in [0, 0.1) is 0 Å². The molecular weight excluding hydrogens is 318 g/mol. The third kappa shape index (κ3) is 11.9. The van der Waals surface area contributed by atoms with E-state index in [1.54, 1.807) is 0 Å². The second-order valence-corrected chi connectivity index (χ2v) is 6.25. The van der Waals surface area contributed by atoms with Crippen LogP contribution < -0.4 is 9.79 Å². The lowest BCUT2D eigenvalue weighted by atomic mass is 10.5. The molecule has 0 fully saturated rings. The molecule has 0 saturated heterocycles. The van der Waals surface area contributed by atoms with Crippen LogP contribution in [0.25, 0.3) is 0 Å². The fourth-order valence-corrected chi connectivity index (χ4v) is 1.96. The van der Waals surface area contributed by atoms with Crippen molar-refractivity contribution in [3.8, 4) is 0 Å². The lowest BCUT2D eigenvalue weighted by Crippen LogP contribution is -2.11. The number of aliphatic hydroxyl groups excluding tert-OH is 1. The fourth-order valence-electron chi connectivity index (χ4n) is 0.937. The van der Waals surface area contributed by atoms with Gasteiger partial charge in [-0.05, 0) is 12.8 Å². The van der Waals surface area contributed by atoms with Crippen LogP contribution in [0.2, 0.25) is 0 Å². The summed E-state index contributed by atoms with van der Waals surface area (Å²) in [5.74, 6) is 0. The van der Waals surface area contributed by atoms with Crippen molar-refractivity contribution in [3.63, 3.8) is 0 Å². The van der Waals surface area contributed by atoms with E-state index < -0.39 is 22.4 Å². The lowest BCUT2D eigenvalue weighted by molar-refractivity contribution is -0.231. The second-order valence-electron chi connectivity index (χ2n) is 3.32. The number of rotatable bonds is 13. The quantitative estimate of drug-likeness (QED) is 0.262. The maximum atomic E-state index is 10.8. The van der Waals surface area contributed by atoms with Gasteiger partial charge in [0, 0.05) is 20.3 Å². The fraction of sp³-hybridized carbons (Fsp3) is 1.00. The molecule has 10 nitrogen and oxygen atoms in total. The summed E-state index contributed by atoms with van der Waals surface area (Å²) in [6, 6.07) is 0. The van der Waals surface area contributed by atoms with Gasteiger partial charge in [0.25, 0.3) is 15.6 Å². The van der Waals surface area contributed by atoms with Gasteiger partial charge < -0.3 is 33.2 Å². The van der Waals surface area contributed by atoms with Gasteiger partial charge in [-0.1, -0.05) is 0 Å². The maximum Gasteiger partial charge on any atom is 0.269 e. The normalized spacial score (nSPS) is 17.6. The third-order valence-electron chi connectivity index (χ3n) is 1.80. The molecule has 1 N–H and O–H groups in total. The summed E-state index contributed by atoms with van der Waals surface area (Å²) < 4.78 is 43.5. The predicted octanol–water partition coefficient (Wildman–Crippen LogP) is -0.634. The first-order valence-electron chi connectivity index (χ1n) is 5.63. The summed E-state index contributed by atoms with van der Waals surface area (Å²) in [7, 11) is -7.63. The highest BCUT2D eigenvalue weighted by molar-refractivity contribution is 7.46. The molecule has 0 bridgehead atoms. The number of phosphoric acid groups is 2. The molecule has 0 heterocycles. The topological polar surface area (TPSA) is 147 Å². The summed E-state index contributed by atoms with van der Waals surface area (Å²) in [6.07, 6.45) is 0.629. The van der Waals surface area contributed by atoms with E-state index in [-0.39, 0.29) is 26.4 Å². The van der Waals surface area contributed by atoms with Gasteiger partial charge in [0.05, 0.1) is 13.2 Å². The Morgan fingerprint density at radius 1 is 0.900 bits per heavy atom. The Balaban J connectivity index is 3.38. The van der Waals surface area contributed by atoms with E-state index >= 15 is 0 Å². The molecule has 0 aliphatic heterocycles. The first kappa shape index (κ1) is 20.1. The average Bonchev–Trinajstić information content (AvgIpc) is 2.36. The first-order valence-corrected chi connectivity index (χ1v) is 8.55. The van der Waals surface area contributed by atoms with E-state index in [1.807, 2.05) is 0 Å². The Morgan fingerprint density at radius 3 is 1.85 bits per heavy atom. The number of ether oxygens (including phenoxy) is 1. The molecule has 12 heteroatoms. The van der Waals surface area contributed by atoms with Gasteiger partial charge in [0.2, 0.25) is 0 Å². The molecule has 0 aliphatic rings. The zero-order valence-corrected chi connectivity index (χ0v) is 12.8. The van der Waals surface area contributed by atoms with E-state index in [4.69, 9.17) is 9.84 Å². The number of phosphoric ester groups is 2. The predicted molar refractivity (Wildman–Crippen MR) is 62.3 cm³/mol. The summed E-state index contributed by atoms with van der Waals surface area (Å²) in [5.41, 5.74) is 0. The zero-order chi connectivity index (χ0) is 15.5. The Bertz CT molecular complexity index is 335. The van der Waals surface area contributed by atoms with E-state index in [1.165, 1.54) is 0 Å².